The van der Waals surface area contributed by atoms with E-state index in [1.165, 1.54) is 0 Å². The van der Waals surface area contributed by atoms with Gasteiger partial charge in [0.05, 0.1) is 11.0 Å². The number of aromatic nitrogens is 2. The Labute approximate surface area is 177 Å². The SMILES string of the molecule is CCCCN(C)C(=O)Cn1c(CCNC(=O)c2ccc(C)cc2)nc2ccccc21. The number of rotatable bonds is 9. The number of hydrogen-bond donors (Lipinski definition) is 1. The molecule has 0 spiro atoms. The molecule has 0 aliphatic heterocycles. The van der Waals surface area contributed by atoms with Crippen LogP contribution in [0, 0.1) is 6.92 Å². The maximum atomic E-state index is 12.7. The molecule has 0 radical (unpaired) electrons. The van der Waals surface area contributed by atoms with Crippen LogP contribution >= 0.6 is 0 Å². The minimum Gasteiger partial charge on any atom is -0.352 e. The maximum Gasteiger partial charge on any atom is 0.251 e. The largest absolute Gasteiger partial charge is 0.352 e. The van der Waals surface area contributed by atoms with Crippen molar-refractivity contribution in [3.63, 3.8) is 0 Å². The lowest BCUT2D eigenvalue weighted by molar-refractivity contribution is -0.130. The van der Waals surface area contributed by atoms with Gasteiger partial charge in [-0.3, -0.25) is 9.59 Å². The van der Waals surface area contributed by atoms with Crippen molar-refractivity contribution in [1.29, 1.82) is 0 Å². The minimum atomic E-state index is -0.104. The molecule has 158 valence electrons. The number of benzene rings is 2. The number of fused-ring (bicyclic) bond motifs is 1. The molecule has 2 amide bonds. The average Bonchev–Trinajstić information content (AvgIpc) is 3.09. The van der Waals surface area contributed by atoms with E-state index in [1.807, 2.05) is 67.1 Å². The molecular formula is C24H30N4O2. The summed E-state index contributed by atoms with van der Waals surface area (Å²) < 4.78 is 1.97. The Hall–Kier alpha value is -3.15. The molecule has 0 unspecified atom stereocenters. The number of unbranched alkanes of at least 4 members (excludes halogenated alkanes) is 1. The van der Waals surface area contributed by atoms with E-state index >= 15 is 0 Å². The first kappa shape index (κ1) is 21.6. The molecule has 6 nitrogen and oxygen atoms in total. The summed E-state index contributed by atoms with van der Waals surface area (Å²) >= 11 is 0. The van der Waals surface area contributed by atoms with Crippen LogP contribution in [0.5, 0.6) is 0 Å². The van der Waals surface area contributed by atoms with Gasteiger partial charge in [-0.2, -0.15) is 0 Å². The molecule has 30 heavy (non-hydrogen) atoms. The molecular weight excluding hydrogens is 376 g/mol. The average molecular weight is 407 g/mol. The number of nitrogens with zero attached hydrogens (tertiary/aromatic N) is 3. The van der Waals surface area contributed by atoms with Gasteiger partial charge in [0.1, 0.15) is 12.4 Å². The van der Waals surface area contributed by atoms with Crippen molar-refractivity contribution in [3.8, 4) is 0 Å². The molecule has 3 aromatic rings. The maximum absolute atomic E-state index is 12.7. The minimum absolute atomic E-state index is 0.0662. The van der Waals surface area contributed by atoms with Crippen LogP contribution in [0.2, 0.25) is 0 Å². The fourth-order valence-electron chi connectivity index (χ4n) is 3.36. The molecule has 0 fully saturated rings. The van der Waals surface area contributed by atoms with Crippen molar-refractivity contribution in [2.45, 2.75) is 39.7 Å². The topological polar surface area (TPSA) is 67.2 Å². The Morgan fingerprint density at radius 2 is 1.83 bits per heavy atom. The molecule has 1 heterocycles. The van der Waals surface area contributed by atoms with E-state index in [1.54, 1.807) is 4.90 Å². The van der Waals surface area contributed by atoms with E-state index < -0.39 is 0 Å². The highest BCUT2D eigenvalue weighted by atomic mass is 16.2. The Morgan fingerprint density at radius 1 is 1.10 bits per heavy atom. The van der Waals surface area contributed by atoms with Gasteiger partial charge in [0, 0.05) is 32.1 Å². The van der Waals surface area contributed by atoms with Gasteiger partial charge in [0.2, 0.25) is 5.91 Å². The van der Waals surface area contributed by atoms with E-state index in [9.17, 15) is 9.59 Å². The second-order valence-corrected chi connectivity index (χ2v) is 7.64. The predicted molar refractivity (Wildman–Crippen MR) is 119 cm³/mol. The number of hydrogen-bond acceptors (Lipinski definition) is 3. The monoisotopic (exact) mass is 406 g/mol. The normalized spacial score (nSPS) is 10.9. The summed E-state index contributed by atoms with van der Waals surface area (Å²) in [7, 11) is 1.85. The van der Waals surface area contributed by atoms with Gasteiger partial charge in [-0.25, -0.2) is 4.98 Å². The number of carbonyl (C=O) groups is 2. The van der Waals surface area contributed by atoms with Crippen LogP contribution in [-0.4, -0.2) is 46.4 Å². The smallest absolute Gasteiger partial charge is 0.251 e. The summed E-state index contributed by atoms with van der Waals surface area (Å²) in [6.07, 6.45) is 2.60. The van der Waals surface area contributed by atoms with Crippen LogP contribution in [0.1, 0.15) is 41.5 Å². The Morgan fingerprint density at radius 3 is 2.57 bits per heavy atom. The zero-order valence-corrected chi connectivity index (χ0v) is 18.0. The molecule has 2 aromatic carbocycles. The van der Waals surface area contributed by atoms with E-state index in [0.717, 1.165) is 41.8 Å². The van der Waals surface area contributed by atoms with Crippen LogP contribution in [0.25, 0.3) is 11.0 Å². The third-order valence-electron chi connectivity index (χ3n) is 5.25. The number of amides is 2. The lowest BCUT2D eigenvalue weighted by atomic mass is 10.1. The second kappa shape index (κ2) is 10.1. The van der Waals surface area contributed by atoms with E-state index in [4.69, 9.17) is 4.98 Å². The lowest BCUT2D eigenvalue weighted by Gasteiger charge is -2.18. The number of aryl methyl sites for hydroxylation is 1. The summed E-state index contributed by atoms with van der Waals surface area (Å²) in [5.74, 6) is 0.766. The third kappa shape index (κ3) is 5.26. The molecule has 6 heteroatoms. The number of para-hydroxylation sites is 2. The quantitative estimate of drug-likeness (QED) is 0.591. The van der Waals surface area contributed by atoms with Crippen molar-refractivity contribution in [3.05, 3.63) is 65.5 Å². The number of carbonyl (C=O) groups excluding carboxylic acids is 2. The molecule has 0 aliphatic rings. The fraction of sp³-hybridized carbons (Fsp3) is 0.375. The summed E-state index contributed by atoms with van der Waals surface area (Å²) in [6.45, 7) is 5.57. The van der Waals surface area contributed by atoms with Crippen LogP contribution in [-0.2, 0) is 17.8 Å². The van der Waals surface area contributed by atoms with Gasteiger partial charge in [-0.15, -0.1) is 0 Å². The lowest BCUT2D eigenvalue weighted by Crippen LogP contribution is -2.32. The Balaban J connectivity index is 1.70. The zero-order chi connectivity index (χ0) is 21.5. The van der Waals surface area contributed by atoms with Crippen molar-refractivity contribution in [2.24, 2.45) is 0 Å². The van der Waals surface area contributed by atoms with Gasteiger partial charge >= 0.3 is 0 Å². The Bertz CT molecular complexity index is 1010. The fourth-order valence-corrected chi connectivity index (χ4v) is 3.36. The van der Waals surface area contributed by atoms with E-state index in [2.05, 4.69) is 12.2 Å². The molecule has 0 saturated heterocycles. The van der Waals surface area contributed by atoms with Gasteiger partial charge in [0.25, 0.3) is 5.91 Å². The van der Waals surface area contributed by atoms with Crippen LogP contribution < -0.4 is 5.32 Å². The van der Waals surface area contributed by atoms with Crippen molar-refractivity contribution in [2.75, 3.05) is 20.1 Å². The van der Waals surface area contributed by atoms with Gasteiger partial charge in [0.15, 0.2) is 0 Å². The van der Waals surface area contributed by atoms with Crippen molar-refractivity contribution < 1.29 is 9.59 Å². The molecule has 1 aromatic heterocycles. The van der Waals surface area contributed by atoms with E-state index in [0.29, 0.717) is 18.5 Å². The first-order chi connectivity index (χ1) is 14.5. The predicted octanol–water partition coefficient (Wildman–Crippen LogP) is 3.58. The van der Waals surface area contributed by atoms with Crippen molar-refractivity contribution >= 4 is 22.8 Å². The number of nitrogens with one attached hydrogen (secondary N) is 1. The van der Waals surface area contributed by atoms with Gasteiger partial charge in [-0.1, -0.05) is 43.2 Å². The zero-order valence-electron chi connectivity index (χ0n) is 18.0. The third-order valence-corrected chi connectivity index (χ3v) is 5.25. The first-order valence-corrected chi connectivity index (χ1v) is 10.5. The molecule has 0 saturated carbocycles. The van der Waals surface area contributed by atoms with Gasteiger partial charge in [-0.05, 0) is 37.6 Å². The number of imidazole rings is 1. The Kier molecular flexibility index (Phi) is 7.22. The molecule has 1 N–H and O–H groups in total. The van der Waals surface area contributed by atoms with Gasteiger partial charge < -0.3 is 14.8 Å². The van der Waals surface area contributed by atoms with Crippen LogP contribution in [0.3, 0.4) is 0 Å². The highest BCUT2D eigenvalue weighted by Gasteiger charge is 2.16. The number of likely N-dealkylation sites (N-methyl/N-ethyl adjacent to an activating group) is 1. The molecule has 0 atom stereocenters. The van der Waals surface area contributed by atoms with Crippen molar-refractivity contribution in [1.82, 2.24) is 19.8 Å². The van der Waals surface area contributed by atoms with E-state index in [-0.39, 0.29) is 18.4 Å². The second-order valence-electron chi connectivity index (χ2n) is 7.64. The highest BCUT2D eigenvalue weighted by molar-refractivity contribution is 5.94. The summed E-state index contributed by atoms with van der Waals surface area (Å²) in [5.41, 5.74) is 3.56. The molecule has 3 rings (SSSR count). The summed E-state index contributed by atoms with van der Waals surface area (Å²) in [5, 5.41) is 2.95. The standard InChI is InChI=1S/C24H30N4O2/c1-4-5-16-27(3)23(29)17-28-21-9-7-6-8-20(21)26-22(28)14-15-25-24(30)19-12-10-18(2)11-13-19/h6-13H,4-5,14-17H2,1-3H3,(H,25,30). The summed E-state index contributed by atoms with van der Waals surface area (Å²) in [6, 6.07) is 15.3. The molecule has 0 bridgehead atoms. The first-order valence-electron chi connectivity index (χ1n) is 10.5. The summed E-state index contributed by atoms with van der Waals surface area (Å²) in [4.78, 5) is 31.6. The highest BCUT2D eigenvalue weighted by Crippen LogP contribution is 2.17. The van der Waals surface area contributed by atoms with Crippen LogP contribution in [0.15, 0.2) is 48.5 Å². The molecule has 0 aliphatic carbocycles. The van der Waals surface area contributed by atoms with Crippen LogP contribution in [0.4, 0.5) is 0 Å².